The smallest absolute Gasteiger partial charge is 0.123 e. The van der Waals surface area contributed by atoms with Crippen LogP contribution in [0, 0.1) is 5.82 Å². The average Bonchev–Trinajstić information content (AvgIpc) is 2.87. The predicted octanol–water partition coefficient (Wildman–Crippen LogP) is 3.93. The summed E-state index contributed by atoms with van der Waals surface area (Å²) in [5, 5.41) is 3.43. The monoisotopic (exact) mass is 257 g/mol. The van der Waals surface area contributed by atoms with Gasteiger partial charge in [0.1, 0.15) is 11.6 Å². The fourth-order valence-electron chi connectivity index (χ4n) is 2.36. The largest absolute Gasteiger partial charge is 0.493 e. The van der Waals surface area contributed by atoms with Gasteiger partial charge < -0.3 is 10.1 Å². The molecule has 0 aromatic heterocycles. The van der Waals surface area contributed by atoms with E-state index in [1.165, 1.54) is 17.7 Å². The second-order valence-corrected chi connectivity index (χ2v) is 4.84. The first-order valence-corrected chi connectivity index (χ1v) is 6.50. The maximum absolute atomic E-state index is 12.9. The first-order chi connectivity index (χ1) is 9.22. The Labute approximate surface area is 112 Å². The van der Waals surface area contributed by atoms with E-state index in [9.17, 15) is 4.39 Å². The first-order valence-electron chi connectivity index (χ1n) is 6.50. The average molecular weight is 257 g/mol. The van der Waals surface area contributed by atoms with Crippen molar-refractivity contribution in [3.05, 3.63) is 59.4 Å². The number of rotatable bonds is 3. The third kappa shape index (κ3) is 2.55. The number of ether oxygens (including phenoxy) is 1. The minimum Gasteiger partial charge on any atom is -0.493 e. The van der Waals surface area contributed by atoms with Crippen LogP contribution in [0.3, 0.4) is 0 Å². The molecule has 0 aliphatic carbocycles. The molecule has 98 valence electrons. The summed E-state index contributed by atoms with van der Waals surface area (Å²) in [4.78, 5) is 0. The lowest BCUT2D eigenvalue weighted by atomic mass is 10.1. The van der Waals surface area contributed by atoms with Gasteiger partial charge in [-0.05, 0) is 48.4 Å². The Morgan fingerprint density at radius 3 is 2.74 bits per heavy atom. The summed E-state index contributed by atoms with van der Waals surface area (Å²) in [5.41, 5.74) is 3.38. The maximum Gasteiger partial charge on any atom is 0.123 e. The van der Waals surface area contributed by atoms with Crippen molar-refractivity contribution in [3.8, 4) is 5.75 Å². The van der Waals surface area contributed by atoms with Crippen molar-refractivity contribution in [2.24, 2.45) is 0 Å². The lowest BCUT2D eigenvalue weighted by Gasteiger charge is -2.16. The molecule has 1 aliphatic heterocycles. The molecule has 0 bridgehead atoms. The molecule has 0 saturated carbocycles. The Bertz CT molecular complexity index is 580. The van der Waals surface area contributed by atoms with Crippen LogP contribution in [0.5, 0.6) is 5.75 Å². The van der Waals surface area contributed by atoms with Gasteiger partial charge in [-0.25, -0.2) is 4.39 Å². The van der Waals surface area contributed by atoms with Crippen molar-refractivity contribution in [1.82, 2.24) is 0 Å². The predicted molar refractivity (Wildman–Crippen MR) is 74.1 cm³/mol. The molecule has 1 heterocycles. The highest BCUT2D eigenvalue weighted by atomic mass is 19.1. The lowest BCUT2D eigenvalue weighted by molar-refractivity contribution is 0.357. The zero-order valence-electron chi connectivity index (χ0n) is 10.8. The van der Waals surface area contributed by atoms with Gasteiger partial charge in [0.05, 0.1) is 6.61 Å². The van der Waals surface area contributed by atoms with E-state index in [-0.39, 0.29) is 11.9 Å². The van der Waals surface area contributed by atoms with Gasteiger partial charge in [-0.3, -0.25) is 0 Å². The van der Waals surface area contributed by atoms with Crippen molar-refractivity contribution in [1.29, 1.82) is 0 Å². The topological polar surface area (TPSA) is 21.3 Å². The highest BCUT2D eigenvalue weighted by molar-refractivity contribution is 5.53. The molecule has 0 fully saturated rings. The second-order valence-electron chi connectivity index (χ2n) is 4.84. The van der Waals surface area contributed by atoms with Crippen molar-refractivity contribution in [3.63, 3.8) is 0 Å². The van der Waals surface area contributed by atoms with Gasteiger partial charge in [-0.2, -0.15) is 0 Å². The molecule has 2 aromatic carbocycles. The van der Waals surface area contributed by atoms with Crippen LogP contribution >= 0.6 is 0 Å². The Hall–Kier alpha value is -2.03. The SMILES string of the molecule is CC(Nc1ccc2c(c1)CCO2)c1ccc(F)cc1. The number of hydrogen-bond donors (Lipinski definition) is 1. The van der Waals surface area contributed by atoms with Gasteiger partial charge >= 0.3 is 0 Å². The Balaban J connectivity index is 1.75. The minimum absolute atomic E-state index is 0.140. The number of benzene rings is 2. The molecular weight excluding hydrogens is 241 g/mol. The van der Waals surface area contributed by atoms with E-state index < -0.39 is 0 Å². The third-order valence-corrected chi connectivity index (χ3v) is 3.44. The van der Waals surface area contributed by atoms with Crippen LogP contribution < -0.4 is 10.1 Å². The van der Waals surface area contributed by atoms with Gasteiger partial charge in [0.15, 0.2) is 0 Å². The van der Waals surface area contributed by atoms with Gasteiger partial charge in [0, 0.05) is 18.2 Å². The van der Waals surface area contributed by atoms with Gasteiger partial charge in [0.2, 0.25) is 0 Å². The van der Waals surface area contributed by atoms with Crippen LogP contribution in [0.25, 0.3) is 0 Å². The van der Waals surface area contributed by atoms with E-state index in [2.05, 4.69) is 18.3 Å². The molecule has 2 aromatic rings. The van der Waals surface area contributed by atoms with E-state index >= 15 is 0 Å². The molecular formula is C16H16FNO. The molecule has 0 spiro atoms. The molecule has 3 heteroatoms. The summed E-state index contributed by atoms with van der Waals surface area (Å²) in [6, 6.07) is 12.9. The van der Waals surface area contributed by atoms with E-state index in [4.69, 9.17) is 4.74 Å². The molecule has 0 radical (unpaired) electrons. The molecule has 1 aliphatic rings. The molecule has 2 nitrogen and oxygen atoms in total. The Morgan fingerprint density at radius 1 is 1.16 bits per heavy atom. The number of hydrogen-bond acceptors (Lipinski definition) is 2. The number of halogens is 1. The van der Waals surface area contributed by atoms with E-state index in [1.807, 2.05) is 24.3 Å². The quantitative estimate of drug-likeness (QED) is 0.899. The highest BCUT2D eigenvalue weighted by Gasteiger charge is 2.13. The normalized spacial score (nSPS) is 14.6. The van der Waals surface area contributed by atoms with Crippen molar-refractivity contribution < 1.29 is 9.13 Å². The molecule has 0 amide bonds. The summed E-state index contributed by atoms with van der Waals surface area (Å²) < 4.78 is 18.4. The summed E-state index contributed by atoms with van der Waals surface area (Å²) in [6.45, 7) is 2.84. The Morgan fingerprint density at radius 2 is 1.95 bits per heavy atom. The summed E-state index contributed by atoms with van der Waals surface area (Å²) in [6.07, 6.45) is 0.968. The van der Waals surface area contributed by atoms with Crippen molar-refractivity contribution in [2.45, 2.75) is 19.4 Å². The standard InChI is InChI=1S/C16H16FNO/c1-11(12-2-4-14(17)5-3-12)18-15-6-7-16-13(10-15)8-9-19-16/h2-7,10-11,18H,8-9H2,1H3. The summed E-state index contributed by atoms with van der Waals surface area (Å²) in [7, 11) is 0. The van der Waals surface area contributed by atoms with Crippen LogP contribution in [-0.2, 0) is 6.42 Å². The maximum atomic E-state index is 12.9. The van der Waals surface area contributed by atoms with Crippen LogP contribution in [0.1, 0.15) is 24.1 Å². The zero-order chi connectivity index (χ0) is 13.2. The minimum atomic E-state index is -0.203. The third-order valence-electron chi connectivity index (χ3n) is 3.44. The van der Waals surface area contributed by atoms with E-state index in [0.717, 1.165) is 30.0 Å². The second kappa shape index (κ2) is 4.92. The number of anilines is 1. The van der Waals surface area contributed by atoms with Gasteiger partial charge in [-0.1, -0.05) is 12.1 Å². The highest BCUT2D eigenvalue weighted by Crippen LogP contribution is 2.29. The molecule has 19 heavy (non-hydrogen) atoms. The Kier molecular flexibility index (Phi) is 3.11. The molecule has 1 atom stereocenters. The number of nitrogens with one attached hydrogen (secondary N) is 1. The zero-order valence-corrected chi connectivity index (χ0v) is 10.8. The van der Waals surface area contributed by atoms with Crippen LogP contribution in [0.4, 0.5) is 10.1 Å². The van der Waals surface area contributed by atoms with Crippen LogP contribution in [0.2, 0.25) is 0 Å². The lowest BCUT2D eigenvalue weighted by Crippen LogP contribution is -2.06. The van der Waals surface area contributed by atoms with Crippen LogP contribution in [0.15, 0.2) is 42.5 Å². The molecule has 0 saturated heterocycles. The van der Waals surface area contributed by atoms with E-state index in [1.54, 1.807) is 0 Å². The molecule has 1 N–H and O–H groups in total. The molecule has 3 rings (SSSR count). The van der Waals surface area contributed by atoms with Crippen LogP contribution in [-0.4, -0.2) is 6.61 Å². The van der Waals surface area contributed by atoms with Crippen molar-refractivity contribution in [2.75, 3.05) is 11.9 Å². The fraction of sp³-hybridized carbons (Fsp3) is 0.250. The summed E-state index contributed by atoms with van der Waals surface area (Å²) in [5.74, 6) is 0.783. The van der Waals surface area contributed by atoms with Crippen molar-refractivity contribution >= 4 is 5.69 Å². The first kappa shape index (κ1) is 12.0. The van der Waals surface area contributed by atoms with Gasteiger partial charge in [-0.15, -0.1) is 0 Å². The van der Waals surface area contributed by atoms with E-state index in [0.29, 0.717) is 0 Å². The molecule has 1 unspecified atom stereocenters. The summed E-state index contributed by atoms with van der Waals surface area (Å²) >= 11 is 0. The number of fused-ring (bicyclic) bond motifs is 1. The fourth-order valence-corrected chi connectivity index (χ4v) is 2.36. The van der Waals surface area contributed by atoms with Gasteiger partial charge in [0.25, 0.3) is 0 Å².